The normalized spacial score (nSPS) is 21.7. The minimum Gasteiger partial charge on any atom is -0.314 e. The van der Waals surface area contributed by atoms with Crippen molar-refractivity contribution in [3.05, 3.63) is 103 Å². The molecule has 6 rings (SSSR count). The molecule has 3 aromatic rings. The van der Waals surface area contributed by atoms with Gasteiger partial charge < -0.3 is 5.73 Å². The summed E-state index contributed by atoms with van der Waals surface area (Å²) in [4.78, 5) is 0. The Hall–Kier alpha value is -2.38. The number of hydrogen-bond donors (Lipinski definition) is 1. The largest absolute Gasteiger partial charge is 0.314 e. The van der Waals surface area contributed by atoms with E-state index in [-0.39, 0.29) is 5.92 Å². The van der Waals surface area contributed by atoms with Gasteiger partial charge in [-0.1, -0.05) is 36.4 Å². The standard InChI is InChI=1S/C26H27N/c1-13-7-19-22(10-16(13)4)26(27)23-11-17(5)14(2)8-20(23)25(19)21-9-15(3)18(6)12-24(21)26/h7-12,25H,27H2,1-6H3. The molecule has 136 valence electrons. The molecule has 27 heavy (non-hydrogen) atoms. The molecule has 2 N–H and O–H groups in total. The van der Waals surface area contributed by atoms with Crippen molar-refractivity contribution < 1.29 is 0 Å². The van der Waals surface area contributed by atoms with Crippen LogP contribution in [0.4, 0.5) is 0 Å². The van der Waals surface area contributed by atoms with Crippen LogP contribution in [0.1, 0.15) is 72.7 Å². The van der Waals surface area contributed by atoms with Crippen LogP contribution in [0.15, 0.2) is 36.4 Å². The predicted molar refractivity (Wildman–Crippen MR) is 113 cm³/mol. The molecule has 0 radical (unpaired) electrons. The second-order valence-electron chi connectivity index (χ2n) is 8.81. The summed E-state index contributed by atoms with van der Waals surface area (Å²) in [5.41, 5.74) is 22.9. The Labute approximate surface area is 162 Å². The first-order valence-electron chi connectivity index (χ1n) is 9.87. The number of benzene rings is 3. The molecular formula is C26H27N. The lowest BCUT2D eigenvalue weighted by molar-refractivity contribution is 0.563. The third-order valence-corrected chi connectivity index (χ3v) is 7.21. The zero-order chi connectivity index (χ0) is 19.2. The van der Waals surface area contributed by atoms with Crippen molar-refractivity contribution in [2.24, 2.45) is 5.73 Å². The van der Waals surface area contributed by atoms with Crippen molar-refractivity contribution in [1.29, 1.82) is 0 Å². The summed E-state index contributed by atoms with van der Waals surface area (Å²) in [6.45, 7) is 13.2. The number of rotatable bonds is 0. The van der Waals surface area contributed by atoms with E-state index >= 15 is 0 Å². The molecule has 0 heterocycles. The molecule has 0 saturated heterocycles. The van der Waals surface area contributed by atoms with E-state index < -0.39 is 5.54 Å². The number of aryl methyl sites for hydroxylation is 6. The number of hydrogen-bond acceptors (Lipinski definition) is 1. The van der Waals surface area contributed by atoms with Gasteiger partial charge in [0.1, 0.15) is 0 Å². The van der Waals surface area contributed by atoms with Gasteiger partial charge in [0.05, 0.1) is 5.54 Å². The fourth-order valence-corrected chi connectivity index (χ4v) is 5.19. The smallest absolute Gasteiger partial charge is 0.0932 e. The third kappa shape index (κ3) is 1.93. The lowest BCUT2D eigenvalue weighted by Crippen LogP contribution is -2.49. The van der Waals surface area contributed by atoms with E-state index in [1.54, 1.807) is 0 Å². The third-order valence-electron chi connectivity index (χ3n) is 7.21. The lowest BCUT2D eigenvalue weighted by atomic mass is 9.56. The van der Waals surface area contributed by atoms with Gasteiger partial charge in [-0.2, -0.15) is 0 Å². The van der Waals surface area contributed by atoms with Gasteiger partial charge >= 0.3 is 0 Å². The van der Waals surface area contributed by atoms with Crippen LogP contribution in [0.2, 0.25) is 0 Å². The molecule has 1 heteroatoms. The molecule has 3 aliphatic carbocycles. The minimum absolute atomic E-state index is 0.285. The fourth-order valence-electron chi connectivity index (χ4n) is 5.19. The van der Waals surface area contributed by atoms with Crippen LogP contribution < -0.4 is 5.73 Å². The summed E-state index contributed by atoms with van der Waals surface area (Å²) >= 11 is 0. The maximum atomic E-state index is 7.39. The monoisotopic (exact) mass is 353 g/mol. The average Bonchev–Trinajstić information content (AvgIpc) is 2.60. The van der Waals surface area contributed by atoms with Crippen molar-refractivity contribution in [3.8, 4) is 0 Å². The van der Waals surface area contributed by atoms with Gasteiger partial charge in [0.15, 0.2) is 0 Å². The second kappa shape index (κ2) is 5.11. The van der Waals surface area contributed by atoms with Gasteiger partial charge in [-0.25, -0.2) is 0 Å². The van der Waals surface area contributed by atoms with Gasteiger partial charge in [-0.05, 0) is 108 Å². The van der Waals surface area contributed by atoms with Crippen molar-refractivity contribution >= 4 is 0 Å². The molecule has 0 aliphatic heterocycles. The Balaban J connectivity index is 1.97. The quantitative estimate of drug-likeness (QED) is 0.560. The topological polar surface area (TPSA) is 26.0 Å². The van der Waals surface area contributed by atoms with Gasteiger partial charge in [0.25, 0.3) is 0 Å². The van der Waals surface area contributed by atoms with E-state index in [4.69, 9.17) is 5.73 Å². The molecular weight excluding hydrogens is 326 g/mol. The maximum Gasteiger partial charge on any atom is 0.0932 e. The van der Waals surface area contributed by atoms with Gasteiger partial charge in [-0.15, -0.1) is 0 Å². The number of nitrogens with two attached hydrogens (primary N) is 1. The molecule has 0 unspecified atom stereocenters. The molecule has 3 aliphatic rings. The Kier molecular flexibility index (Phi) is 3.18. The van der Waals surface area contributed by atoms with E-state index in [9.17, 15) is 0 Å². The first kappa shape index (κ1) is 16.8. The minimum atomic E-state index is -0.565. The molecule has 0 fully saturated rings. The van der Waals surface area contributed by atoms with Crippen LogP contribution in [0.3, 0.4) is 0 Å². The summed E-state index contributed by atoms with van der Waals surface area (Å²) in [6.07, 6.45) is 0. The summed E-state index contributed by atoms with van der Waals surface area (Å²) in [7, 11) is 0. The summed E-state index contributed by atoms with van der Waals surface area (Å²) in [5.74, 6) is 0.285. The van der Waals surface area contributed by atoms with Gasteiger partial charge in [-0.3, -0.25) is 0 Å². The maximum absolute atomic E-state index is 7.39. The highest BCUT2D eigenvalue weighted by atomic mass is 14.8. The second-order valence-corrected chi connectivity index (χ2v) is 8.81. The van der Waals surface area contributed by atoms with Crippen LogP contribution in [0.25, 0.3) is 0 Å². The van der Waals surface area contributed by atoms with E-state index in [2.05, 4.69) is 77.9 Å². The van der Waals surface area contributed by atoms with Gasteiger partial charge in [0, 0.05) is 5.92 Å². The van der Waals surface area contributed by atoms with E-state index in [0.29, 0.717) is 0 Å². The molecule has 0 aromatic heterocycles. The van der Waals surface area contributed by atoms with Gasteiger partial charge in [0.2, 0.25) is 0 Å². The van der Waals surface area contributed by atoms with Crippen molar-refractivity contribution in [1.82, 2.24) is 0 Å². The molecule has 2 bridgehead atoms. The van der Waals surface area contributed by atoms with E-state index in [1.807, 2.05) is 0 Å². The predicted octanol–water partition coefficient (Wildman–Crippen LogP) is 5.59. The first-order valence-corrected chi connectivity index (χ1v) is 9.87. The summed E-state index contributed by atoms with van der Waals surface area (Å²) in [6, 6.07) is 14.2. The van der Waals surface area contributed by atoms with E-state index in [1.165, 1.54) is 66.8 Å². The van der Waals surface area contributed by atoms with Crippen LogP contribution in [0.5, 0.6) is 0 Å². The highest BCUT2D eigenvalue weighted by molar-refractivity contribution is 5.73. The fraction of sp³-hybridized carbons (Fsp3) is 0.308. The molecule has 0 spiro atoms. The summed E-state index contributed by atoms with van der Waals surface area (Å²) in [5, 5.41) is 0. The molecule has 3 aromatic carbocycles. The van der Waals surface area contributed by atoms with Crippen LogP contribution in [-0.4, -0.2) is 0 Å². The summed E-state index contributed by atoms with van der Waals surface area (Å²) < 4.78 is 0. The molecule has 0 amide bonds. The Morgan fingerprint density at radius 3 is 1.07 bits per heavy atom. The first-order chi connectivity index (χ1) is 12.7. The molecule has 0 atom stereocenters. The van der Waals surface area contributed by atoms with Crippen LogP contribution in [-0.2, 0) is 5.54 Å². The Morgan fingerprint density at radius 2 is 0.778 bits per heavy atom. The molecule has 1 nitrogen and oxygen atoms in total. The average molecular weight is 354 g/mol. The Bertz CT molecular complexity index is 1010. The van der Waals surface area contributed by atoms with Crippen molar-refractivity contribution in [2.75, 3.05) is 0 Å². The highest BCUT2D eigenvalue weighted by Gasteiger charge is 2.50. The zero-order valence-corrected chi connectivity index (χ0v) is 17.1. The van der Waals surface area contributed by atoms with E-state index in [0.717, 1.165) is 0 Å². The molecule has 0 saturated carbocycles. The SMILES string of the molecule is Cc1cc2c(cc1C)C1(N)c3cc(C)c(C)cc3C2c2cc(C)c(C)cc21. The zero-order valence-electron chi connectivity index (χ0n) is 17.1. The van der Waals surface area contributed by atoms with Crippen molar-refractivity contribution in [3.63, 3.8) is 0 Å². The van der Waals surface area contributed by atoms with Crippen LogP contribution >= 0.6 is 0 Å². The Morgan fingerprint density at radius 1 is 0.519 bits per heavy atom. The van der Waals surface area contributed by atoms with Crippen LogP contribution in [0, 0.1) is 41.5 Å². The van der Waals surface area contributed by atoms with Crippen molar-refractivity contribution in [2.45, 2.75) is 53.0 Å². The highest BCUT2D eigenvalue weighted by Crippen LogP contribution is 2.57. The lowest BCUT2D eigenvalue weighted by Gasteiger charge is -2.49.